The first kappa shape index (κ1) is 13.2. The largest absolute Gasteiger partial charge is 0.479 e. The third-order valence-electron chi connectivity index (χ3n) is 3.05. The summed E-state index contributed by atoms with van der Waals surface area (Å²) in [6, 6.07) is 1.54. The molecule has 3 atom stereocenters. The summed E-state index contributed by atoms with van der Waals surface area (Å²) in [7, 11) is 0. The number of thiophene rings is 1. The molecule has 0 spiro atoms. The molecule has 0 saturated heterocycles. The van der Waals surface area contributed by atoms with Gasteiger partial charge < -0.3 is 20.4 Å². The number of aliphatic hydroxyl groups excluding tert-OH is 2. The Labute approximate surface area is 108 Å². The SMILES string of the molecule is CC=Cc1cc2c(s1)[C@@H](O)[C@H](O)C[C@]2(O)C(=O)O. The predicted molar refractivity (Wildman–Crippen MR) is 66.1 cm³/mol. The number of rotatable bonds is 2. The maximum Gasteiger partial charge on any atom is 0.340 e. The minimum Gasteiger partial charge on any atom is -0.479 e. The van der Waals surface area contributed by atoms with Gasteiger partial charge in [0.15, 0.2) is 5.60 Å². The number of aliphatic carboxylic acids is 1. The molecule has 0 aromatic carbocycles. The van der Waals surface area contributed by atoms with E-state index in [1.165, 1.54) is 11.3 Å². The Bertz CT molecular complexity index is 507. The van der Waals surface area contributed by atoms with Crippen LogP contribution in [0.5, 0.6) is 0 Å². The van der Waals surface area contributed by atoms with Crippen molar-refractivity contribution in [2.24, 2.45) is 0 Å². The fraction of sp³-hybridized carbons (Fsp3) is 0.417. The second-order valence-electron chi connectivity index (χ2n) is 4.31. The Morgan fingerprint density at radius 2 is 2.22 bits per heavy atom. The van der Waals surface area contributed by atoms with Crippen LogP contribution in [0, 0.1) is 0 Å². The van der Waals surface area contributed by atoms with Crippen molar-refractivity contribution in [3.05, 3.63) is 27.5 Å². The van der Waals surface area contributed by atoms with Crippen molar-refractivity contribution in [1.82, 2.24) is 0 Å². The molecule has 5 nitrogen and oxygen atoms in total. The molecule has 0 bridgehead atoms. The van der Waals surface area contributed by atoms with Gasteiger partial charge in [-0.25, -0.2) is 4.79 Å². The molecule has 0 amide bonds. The Balaban J connectivity index is 2.59. The van der Waals surface area contributed by atoms with Crippen molar-refractivity contribution < 1.29 is 25.2 Å². The monoisotopic (exact) mass is 270 g/mol. The summed E-state index contributed by atoms with van der Waals surface area (Å²) in [4.78, 5) is 12.2. The molecule has 0 aliphatic heterocycles. The normalized spacial score (nSPS) is 31.6. The van der Waals surface area contributed by atoms with Gasteiger partial charge in [0, 0.05) is 21.7 Å². The van der Waals surface area contributed by atoms with E-state index >= 15 is 0 Å². The fourth-order valence-corrected chi connectivity index (χ4v) is 3.37. The van der Waals surface area contributed by atoms with Crippen molar-refractivity contribution in [2.45, 2.75) is 31.2 Å². The second-order valence-corrected chi connectivity index (χ2v) is 5.42. The molecule has 4 N–H and O–H groups in total. The third kappa shape index (κ3) is 1.87. The highest BCUT2D eigenvalue weighted by molar-refractivity contribution is 7.13. The first-order chi connectivity index (χ1) is 8.40. The van der Waals surface area contributed by atoms with Gasteiger partial charge in [0.1, 0.15) is 6.10 Å². The zero-order chi connectivity index (χ0) is 13.5. The maximum atomic E-state index is 11.2. The summed E-state index contributed by atoms with van der Waals surface area (Å²) in [6.07, 6.45) is 0.687. The molecular formula is C12H14O5S. The number of aliphatic hydroxyl groups is 3. The number of carboxylic acid groups (broad SMARTS) is 1. The zero-order valence-corrected chi connectivity index (χ0v) is 10.5. The molecule has 1 heterocycles. The van der Waals surface area contributed by atoms with Gasteiger partial charge in [0.25, 0.3) is 0 Å². The average Bonchev–Trinajstić information content (AvgIpc) is 2.71. The van der Waals surface area contributed by atoms with Gasteiger partial charge >= 0.3 is 5.97 Å². The van der Waals surface area contributed by atoms with E-state index in [0.29, 0.717) is 4.88 Å². The van der Waals surface area contributed by atoms with E-state index in [-0.39, 0.29) is 5.56 Å². The first-order valence-electron chi connectivity index (χ1n) is 5.49. The zero-order valence-electron chi connectivity index (χ0n) is 9.70. The van der Waals surface area contributed by atoms with E-state index in [0.717, 1.165) is 4.88 Å². The molecule has 1 aromatic rings. The topological polar surface area (TPSA) is 98.0 Å². The molecule has 18 heavy (non-hydrogen) atoms. The van der Waals surface area contributed by atoms with E-state index in [9.17, 15) is 20.1 Å². The van der Waals surface area contributed by atoms with Gasteiger partial charge in [-0.3, -0.25) is 0 Å². The van der Waals surface area contributed by atoms with Crippen molar-refractivity contribution in [1.29, 1.82) is 0 Å². The lowest BCUT2D eigenvalue weighted by Crippen LogP contribution is -2.44. The van der Waals surface area contributed by atoms with E-state index < -0.39 is 30.2 Å². The Morgan fingerprint density at radius 1 is 1.56 bits per heavy atom. The molecule has 1 aliphatic rings. The van der Waals surface area contributed by atoms with Crippen LogP contribution in [0.3, 0.4) is 0 Å². The Hall–Kier alpha value is -1.21. The average molecular weight is 270 g/mol. The molecule has 1 aliphatic carbocycles. The standard InChI is InChI=1S/C12H14O5S/c1-2-3-6-4-7-10(18-6)9(14)8(13)5-12(7,17)11(15)16/h2-4,8-9,13-14,17H,5H2,1H3,(H,15,16)/t8-,9+,12-/m1/s1. The predicted octanol–water partition coefficient (Wildman–Crippen LogP) is 0.851. The van der Waals surface area contributed by atoms with Gasteiger partial charge in [0.05, 0.1) is 6.10 Å². The van der Waals surface area contributed by atoms with Crippen LogP contribution in [0.1, 0.15) is 34.8 Å². The molecule has 98 valence electrons. The summed E-state index contributed by atoms with van der Waals surface area (Å²) in [5, 5.41) is 38.8. The Morgan fingerprint density at radius 3 is 2.78 bits per heavy atom. The van der Waals surface area contributed by atoms with E-state index in [2.05, 4.69) is 0 Å². The van der Waals surface area contributed by atoms with E-state index in [1.807, 2.05) is 6.92 Å². The van der Waals surface area contributed by atoms with Crippen LogP contribution >= 0.6 is 11.3 Å². The lowest BCUT2D eigenvalue weighted by atomic mass is 9.80. The lowest BCUT2D eigenvalue weighted by Gasteiger charge is -2.34. The second kappa shape index (κ2) is 4.47. The van der Waals surface area contributed by atoms with Gasteiger partial charge in [-0.2, -0.15) is 0 Å². The molecule has 2 rings (SSSR count). The summed E-state index contributed by atoms with van der Waals surface area (Å²) in [6.45, 7) is 1.81. The van der Waals surface area contributed by atoms with E-state index in [1.54, 1.807) is 18.2 Å². The van der Waals surface area contributed by atoms with Crippen molar-refractivity contribution in [3.8, 4) is 0 Å². The number of allylic oxidation sites excluding steroid dienone is 1. The number of hydrogen-bond donors (Lipinski definition) is 4. The summed E-state index contributed by atoms with van der Waals surface area (Å²) in [5.41, 5.74) is -1.96. The Kier molecular flexibility index (Phi) is 3.29. The maximum absolute atomic E-state index is 11.2. The molecule has 0 fully saturated rings. The number of carbonyl (C=O) groups is 1. The number of carboxylic acids is 1. The van der Waals surface area contributed by atoms with Crippen LogP contribution in [-0.4, -0.2) is 32.5 Å². The molecule has 0 radical (unpaired) electrons. The smallest absolute Gasteiger partial charge is 0.340 e. The van der Waals surface area contributed by atoms with Crippen molar-refractivity contribution in [2.75, 3.05) is 0 Å². The minimum atomic E-state index is -2.13. The van der Waals surface area contributed by atoms with Crippen LogP contribution in [-0.2, 0) is 10.4 Å². The molecule has 6 heteroatoms. The van der Waals surface area contributed by atoms with Crippen LogP contribution in [0.2, 0.25) is 0 Å². The van der Waals surface area contributed by atoms with Gasteiger partial charge in [-0.1, -0.05) is 6.08 Å². The lowest BCUT2D eigenvalue weighted by molar-refractivity contribution is -0.168. The van der Waals surface area contributed by atoms with Gasteiger partial charge in [-0.15, -0.1) is 11.3 Å². The minimum absolute atomic E-state index is 0.172. The highest BCUT2D eigenvalue weighted by Crippen LogP contribution is 2.45. The summed E-state index contributed by atoms with van der Waals surface area (Å²) in [5.74, 6) is -1.42. The first-order valence-corrected chi connectivity index (χ1v) is 6.30. The third-order valence-corrected chi connectivity index (χ3v) is 4.22. The van der Waals surface area contributed by atoms with Gasteiger partial charge in [0.2, 0.25) is 0 Å². The van der Waals surface area contributed by atoms with Gasteiger partial charge in [-0.05, 0) is 19.1 Å². The van der Waals surface area contributed by atoms with Crippen LogP contribution in [0.25, 0.3) is 6.08 Å². The quantitative estimate of drug-likeness (QED) is 0.638. The molecule has 0 unspecified atom stereocenters. The van der Waals surface area contributed by atoms with Crippen molar-refractivity contribution in [3.63, 3.8) is 0 Å². The highest BCUT2D eigenvalue weighted by atomic mass is 32.1. The summed E-state index contributed by atoms with van der Waals surface area (Å²) < 4.78 is 0. The molecule has 1 aromatic heterocycles. The van der Waals surface area contributed by atoms with Crippen LogP contribution < -0.4 is 0 Å². The van der Waals surface area contributed by atoms with E-state index in [4.69, 9.17) is 5.11 Å². The molecule has 0 saturated carbocycles. The summed E-state index contributed by atoms with van der Waals surface area (Å²) >= 11 is 1.17. The number of hydrogen-bond acceptors (Lipinski definition) is 5. The van der Waals surface area contributed by atoms with Crippen molar-refractivity contribution >= 4 is 23.4 Å². The van der Waals surface area contributed by atoms with Crippen LogP contribution in [0.15, 0.2) is 12.1 Å². The number of fused-ring (bicyclic) bond motifs is 1. The van der Waals surface area contributed by atoms with Crippen LogP contribution in [0.4, 0.5) is 0 Å². The fourth-order valence-electron chi connectivity index (χ4n) is 2.12. The molecular weight excluding hydrogens is 256 g/mol. The highest BCUT2D eigenvalue weighted by Gasteiger charge is 2.49.